The summed E-state index contributed by atoms with van der Waals surface area (Å²) in [5.74, 6) is 3.15. The number of aryl methyl sites for hydroxylation is 1. The number of primary amides is 1. The summed E-state index contributed by atoms with van der Waals surface area (Å²) in [5.41, 5.74) is 9.28. The number of pyridine rings is 1. The van der Waals surface area contributed by atoms with E-state index in [1.54, 1.807) is 49.6 Å². The number of nitrogens with one attached hydrogen (secondary N) is 3. The average molecular weight is 837 g/mol. The monoisotopic (exact) mass is 836 g/mol. The molecule has 0 bridgehead atoms. The number of carbonyl (C=O) groups is 3. The molecule has 4 aromatic rings. The van der Waals surface area contributed by atoms with Gasteiger partial charge in [-0.1, -0.05) is 61.5 Å². The van der Waals surface area contributed by atoms with Gasteiger partial charge in [-0.2, -0.15) is 0 Å². The van der Waals surface area contributed by atoms with Crippen LogP contribution in [0.3, 0.4) is 0 Å². The highest BCUT2D eigenvalue weighted by Gasteiger charge is 2.37. The predicted octanol–water partition coefficient (Wildman–Crippen LogP) is 7.77. The van der Waals surface area contributed by atoms with E-state index in [9.17, 15) is 19.2 Å². The minimum Gasteiger partial charge on any atom is -0.496 e. The third-order valence-electron chi connectivity index (χ3n) is 9.21. The topological polar surface area (TPSA) is 178 Å². The Kier molecular flexibility index (Phi) is 21.7. The van der Waals surface area contributed by atoms with Gasteiger partial charge in [-0.05, 0) is 68.2 Å². The zero-order valence-corrected chi connectivity index (χ0v) is 38.0. The summed E-state index contributed by atoms with van der Waals surface area (Å²) >= 11 is 1.55. The first-order chi connectivity index (χ1) is 28.1. The van der Waals surface area contributed by atoms with Crippen LogP contribution in [0.15, 0.2) is 52.6 Å². The van der Waals surface area contributed by atoms with Crippen LogP contribution >= 0.6 is 11.3 Å². The van der Waals surface area contributed by atoms with E-state index in [0.717, 1.165) is 57.7 Å². The van der Waals surface area contributed by atoms with Gasteiger partial charge >= 0.3 is 0 Å². The SMILES string of the molecule is CC.CC(C)C.CC1CC1C(N)=O.CNC(=O)C1CCCN1C(=O)CNc1cccc(OCCOC)c1.COc1ccc2c(=O)cc(-c3nc(C(C)C)cs3)[nH]c2c1C. The second kappa shape index (κ2) is 25.5. The molecule has 0 radical (unpaired) electrons. The van der Waals surface area contributed by atoms with Crippen molar-refractivity contribution in [1.29, 1.82) is 0 Å². The molecular weight excluding hydrogens is 769 g/mol. The normalized spacial score (nSPS) is 16.2. The Balaban J connectivity index is 0.000000314. The first-order valence-electron chi connectivity index (χ1n) is 20.5. The first-order valence-corrected chi connectivity index (χ1v) is 21.4. The van der Waals surface area contributed by atoms with E-state index in [4.69, 9.17) is 19.9 Å². The van der Waals surface area contributed by atoms with Gasteiger partial charge in [0.15, 0.2) is 5.43 Å². The number of anilines is 1. The van der Waals surface area contributed by atoms with Crippen molar-refractivity contribution in [3.8, 4) is 22.2 Å². The summed E-state index contributed by atoms with van der Waals surface area (Å²) < 4.78 is 15.8. The zero-order valence-electron chi connectivity index (χ0n) is 37.2. The minimum absolute atomic E-state index is 0.00389. The fourth-order valence-corrected chi connectivity index (χ4v) is 6.84. The number of fused-ring (bicyclic) bond motifs is 1. The molecule has 3 heterocycles. The van der Waals surface area contributed by atoms with Crippen molar-refractivity contribution >= 4 is 45.6 Å². The van der Waals surface area contributed by atoms with Crippen molar-refractivity contribution in [2.75, 3.05) is 52.9 Å². The van der Waals surface area contributed by atoms with Crippen LogP contribution in [-0.4, -0.2) is 86.2 Å². The number of aromatic nitrogens is 2. The van der Waals surface area contributed by atoms with Crippen molar-refractivity contribution in [2.24, 2.45) is 23.5 Å². The molecule has 3 unspecified atom stereocenters. The van der Waals surface area contributed by atoms with Crippen LogP contribution in [0.2, 0.25) is 0 Å². The van der Waals surface area contributed by atoms with Crippen LogP contribution in [-0.2, 0) is 19.1 Å². The Labute approximate surface area is 354 Å². The summed E-state index contributed by atoms with van der Waals surface area (Å²) in [5, 5.41) is 9.26. The molecule has 1 saturated carbocycles. The lowest BCUT2D eigenvalue weighted by molar-refractivity contribution is -0.136. The van der Waals surface area contributed by atoms with Gasteiger partial charge in [0.25, 0.3) is 0 Å². The molecule has 2 aromatic carbocycles. The van der Waals surface area contributed by atoms with Crippen molar-refractivity contribution < 1.29 is 28.6 Å². The van der Waals surface area contributed by atoms with Crippen molar-refractivity contribution in [1.82, 2.24) is 20.2 Å². The molecule has 6 rings (SSSR count). The van der Waals surface area contributed by atoms with Gasteiger partial charge in [-0.3, -0.25) is 19.2 Å². The van der Waals surface area contributed by atoms with Crippen LogP contribution in [0.5, 0.6) is 11.5 Å². The van der Waals surface area contributed by atoms with E-state index in [2.05, 4.69) is 55.2 Å². The molecule has 1 aliphatic heterocycles. The van der Waals surface area contributed by atoms with Gasteiger partial charge in [0, 0.05) is 60.8 Å². The van der Waals surface area contributed by atoms with Crippen LogP contribution in [0, 0.1) is 24.7 Å². The first kappa shape index (κ1) is 50.2. The largest absolute Gasteiger partial charge is 0.496 e. The van der Waals surface area contributed by atoms with E-state index in [-0.39, 0.29) is 41.7 Å². The molecule has 3 atom stereocenters. The number of likely N-dealkylation sites (tertiary alicyclic amines) is 1. The van der Waals surface area contributed by atoms with Gasteiger partial charge < -0.3 is 40.5 Å². The third-order valence-corrected chi connectivity index (χ3v) is 10.1. The van der Waals surface area contributed by atoms with E-state index >= 15 is 0 Å². The number of ether oxygens (including phenoxy) is 3. The molecule has 59 heavy (non-hydrogen) atoms. The zero-order chi connectivity index (χ0) is 44.2. The number of aromatic amines is 1. The summed E-state index contributed by atoms with van der Waals surface area (Å²) in [6, 6.07) is 12.3. The maximum Gasteiger partial charge on any atom is 0.242 e. The van der Waals surface area contributed by atoms with Crippen LogP contribution in [0.1, 0.15) is 91.8 Å². The Morgan fingerprint density at radius 2 is 1.73 bits per heavy atom. The second-order valence-corrected chi connectivity index (χ2v) is 16.0. The average Bonchev–Trinajstić information content (AvgIpc) is 3.54. The Bertz CT molecular complexity index is 1970. The molecule has 2 fully saturated rings. The number of amides is 3. The highest BCUT2D eigenvalue weighted by Crippen LogP contribution is 2.36. The lowest BCUT2D eigenvalue weighted by atomic mass is 10.1. The van der Waals surface area contributed by atoms with E-state index in [0.29, 0.717) is 49.2 Å². The summed E-state index contributed by atoms with van der Waals surface area (Å²) in [7, 11) is 4.85. The number of carbonyl (C=O) groups excluding carboxylic acids is 3. The van der Waals surface area contributed by atoms with Crippen LogP contribution in [0.25, 0.3) is 21.6 Å². The van der Waals surface area contributed by atoms with E-state index in [1.165, 1.54) is 0 Å². The number of likely N-dealkylation sites (N-methyl/N-ethyl adjacent to an activating group) is 1. The highest BCUT2D eigenvalue weighted by atomic mass is 32.1. The number of methoxy groups -OCH3 is 2. The molecular formula is C45H68N6O7S. The summed E-state index contributed by atoms with van der Waals surface area (Å²) in [6.07, 6.45) is 2.58. The molecule has 14 heteroatoms. The molecule has 2 aromatic heterocycles. The van der Waals surface area contributed by atoms with Gasteiger partial charge in [0.05, 0.1) is 37.2 Å². The number of hydrogen-bond donors (Lipinski definition) is 4. The van der Waals surface area contributed by atoms with Gasteiger partial charge in [0.1, 0.15) is 29.2 Å². The summed E-state index contributed by atoms with van der Waals surface area (Å²) in [6.45, 7) is 20.5. The summed E-state index contributed by atoms with van der Waals surface area (Å²) in [4.78, 5) is 56.4. The lowest BCUT2D eigenvalue weighted by Gasteiger charge is -2.23. The number of nitrogens with two attached hydrogens (primary N) is 1. The fraction of sp³-hybridized carbons (Fsp3) is 0.533. The molecule has 13 nitrogen and oxygen atoms in total. The predicted molar refractivity (Wildman–Crippen MR) is 240 cm³/mol. The van der Waals surface area contributed by atoms with Crippen molar-refractivity contribution in [3.63, 3.8) is 0 Å². The number of thiazole rings is 1. The van der Waals surface area contributed by atoms with Crippen molar-refractivity contribution in [3.05, 3.63) is 69.3 Å². The standard InChI is InChI=1S/C17H25N3O4.C17H18N2O2S.C5H9NO.C4H10.C2H6/c1-18-17(22)15-7-4-8-20(15)16(21)12-19-13-5-3-6-14(11-13)24-10-9-23-2;1-9(2)13-8-22-17(19-13)12-7-14(20)11-5-6-15(21-4)10(3)16(11)18-12;1-3-2-4(3)5(6)7;1-4(2)3;1-2/h3,5-6,11,15,19H,4,7-10,12H2,1-2H3,(H,18,22);5-9H,1-4H3,(H,18,20);3-4H,2H2,1H3,(H2,6,7);4H,1-3H3;1-2H3. The fourth-order valence-electron chi connectivity index (χ4n) is 5.89. The molecule has 5 N–H and O–H groups in total. The Morgan fingerprint density at radius 1 is 1.05 bits per heavy atom. The molecule has 3 amide bonds. The van der Waals surface area contributed by atoms with E-state index in [1.807, 2.05) is 63.4 Å². The Morgan fingerprint density at radius 3 is 2.27 bits per heavy atom. The molecule has 0 spiro atoms. The van der Waals surface area contributed by atoms with E-state index < -0.39 is 0 Å². The second-order valence-electron chi connectivity index (χ2n) is 15.1. The third kappa shape index (κ3) is 16.0. The van der Waals surface area contributed by atoms with Gasteiger partial charge in [-0.15, -0.1) is 11.3 Å². The van der Waals surface area contributed by atoms with Crippen molar-refractivity contribution in [2.45, 2.75) is 93.5 Å². The number of benzene rings is 2. The van der Waals surface area contributed by atoms with Gasteiger partial charge in [-0.25, -0.2) is 4.98 Å². The molecule has 1 saturated heterocycles. The smallest absolute Gasteiger partial charge is 0.242 e. The van der Waals surface area contributed by atoms with Crippen LogP contribution in [0.4, 0.5) is 5.69 Å². The molecule has 326 valence electrons. The van der Waals surface area contributed by atoms with Gasteiger partial charge in [0.2, 0.25) is 17.7 Å². The molecule has 2 aliphatic rings. The van der Waals surface area contributed by atoms with Crippen LogP contribution < -0.4 is 31.3 Å². The highest BCUT2D eigenvalue weighted by molar-refractivity contribution is 7.13. The number of H-pyrrole nitrogens is 1. The quantitative estimate of drug-likeness (QED) is 0.104. The number of nitrogens with zero attached hydrogens (tertiary/aromatic N) is 2. The molecule has 1 aliphatic carbocycles. The maximum absolute atomic E-state index is 12.4. The maximum atomic E-state index is 12.4. The minimum atomic E-state index is -0.354. The number of rotatable bonds is 12. The Hall–Kier alpha value is -4.95. The lowest BCUT2D eigenvalue weighted by Crippen LogP contribution is -2.46. The number of hydrogen-bond acceptors (Lipinski definition) is 10.